The molecule has 1 aliphatic heterocycles. The first-order chi connectivity index (χ1) is 11.9. The number of hydrogen-bond acceptors (Lipinski definition) is 4. The number of carbonyl (C=O) groups excluding carboxylic acids is 1. The van der Waals surface area contributed by atoms with Crippen LogP contribution in [0.2, 0.25) is 0 Å². The number of nitrogens with one attached hydrogen (secondary N) is 1. The van der Waals surface area contributed by atoms with Crippen molar-refractivity contribution in [2.45, 2.75) is 19.5 Å². The summed E-state index contributed by atoms with van der Waals surface area (Å²) < 4.78 is 34.2. The first-order valence-corrected chi connectivity index (χ1v) is 7.78. The van der Waals surface area contributed by atoms with E-state index in [0.717, 1.165) is 0 Å². The fourth-order valence-electron chi connectivity index (χ4n) is 2.64. The minimum absolute atomic E-state index is 0.0647. The summed E-state index contributed by atoms with van der Waals surface area (Å²) in [6, 6.07) is 4.32. The van der Waals surface area contributed by atoms with Gasteiger partial charge in [0.25, 0.3) is 0 Å². The van der Waals surface area contributed by atoms with Crippen molar-refractivity contribution in [3.8, 4) is 11.5 Å². The molecule has 7 nitrogen and oxygen atoms in total. The van der Waals surface area contributed by atoms with E-state index in [0.29, 0.717) is 24.9 Å². The fraction of sp³-hybridized carbons (Fsp3) is 0.500. The Hall–Kier alpha value is -2.58. The third-order valence-electron chi connectivity index (χ3n) is 3.96. The van der Waals surface area contributed by atoms with Gasteiger partial charge in [-0.2, -0.15) is 8.78 Å². The number of nitrogens with zero attached hydrogens (tertiary/aromatic N) is 1. The lowest BCUT2D eigenvalue weighted by atomic mass is 10.1. The van der Waals surface area contributed by atoms with Crippen molar-refractivity contribution in [1.29, 1.82) is 0 Å². The highest BCUT2D eigenvalue weighted by molar-refractivity contribution is 5.77. The van der Waals surface area contributed by atoms with Gasteiger partial charge in [-0.15, -0.1) is 0 Å². The van der Waals surface area contributed by atoms with Gasteiger partial charge in [-0.3, -0.25) is 4.79 Å². The number of ether oxygens (including phenoxy) is 2. The van der Waals surface area contributed by atoms with Crippen molar-refractivity contribution >= 4 is 12.0 Å². The van der Waals surface area contributed by atoms with E-state index in [9.17, 15) is 18.4 Å². The van der Waals surface area contributed by atoms with Gasteiger partial charge in [0.15, 0.2) is 11.5 Å². The molecule has 1 aromatic rings. The van der Waals surface area contributed by atoms with E-state index in [1.807, 2.05) is 0 Å². The number of halogens is 2. The van der Waals surface area contributed by atoms with Gasteiger partial charge in [-0.25, -0.2) is 4.79 Å². The lowest BCUT2D eigenvalue weighted by molar-refractivity contribution is -0.141. The summed E-state index contributed by atoms with van der Waals surface area (Å²) in [6.07, 6.45) is 0.848. The number of alkyl halides is 2. The summed E-state index contributed by atoms with van der Waals surface area (Å²) in [7, 11) is 1.36. The molecule has 25 heavy (non-hydrogen) atoms. The molecule has 0 radical (unpaired) electrons. The maximum Gasteiger partial charge on any atom is 0.387 e. The molecule has 1 aliphatic rings. The van der Waals surface area contributed by atoms with Crippen LogP contribution in [-0.2, 0) is 11.2 Å². The molecule has 1 unspecified atom stereocenters. The number of carbonyl (C=O) groups is 2. The Kier molecular flexibility index (Phi) is 6.37. The Morgan fingerprint density at radius 2 is 2.16 bits per heavy atom. The second kappa shape index (κ2) is 8.50. The highest BCUT2D eigenvalue weighted by atomic mass is 19.3. The van der Waals surface area contributed by atoms with Crippen molar-refractivity contribution in [2.24, 2.45) is 5.92 Å². The van der Waals surface area contributed by atoms with Gasteiger partial charge in [0.2, 0.25) is 0 Å². The number of likely N-dealkylation sites (tertiary alicyclic amines) is 1. The maximum atomic E-state index is 12.4. The SMILES string of the molecule is COc1ccc(CCNC(=O)N2CCC(C(=O)O)C2)cc1OC(F)F. The average Bonchev–Trinajstić information content (AvgIpc) is 3.05. The molecule has 1 atom stereocenters. The summed E-state index contributed by atoms with van der Waals surface area (Å²) in [5, 5.41) is 11.6. The largest absolute Gasteiger partial charge is 0.493 e. The molecule has 138 valence electrons. The summed E-state index contributed by atoms with van der Waals surface area (Å²) in [5.74, 6) is -1.29. The normalized spacial score (nSPS) is 16.8. The van der Waals surface area contributed by atoms with Crippen molar-refractivity contribution < 1.29 is 33.0 Å². The molecule has 2 rings (SSSR count). The van der Waals surface area contributed by atoms with Crippen LogP contribution in [0, 0.1) is 5.92 Å². The van der Waals surface area contributed by atoms with Crippen molar-refractivity contribution in [3.63, 3.8) is 0 Å². The number of carboxylic acids is 1. The fourth-order valence-corrected chi connectivity index (χ4v) is 2.64. The predicted octanol–water partition coefficient (Wildman–Crippen LogP) is 1.96. The van der Waals surface area contributed by atoms with Crippen LogP contribution < -0.4 is 14.8 Å². The molecule has 1 aromatic carbocycles. The Balaban J connectivity index is 1.85. The van der Waals surface area contributed by atoms with Crippen LogP contribution in [0.5, 0.6) is 11.5 Å². The number of methoxy groups -OCH3 is 1. The predicted molar refractivity (Wildman–Crippen MR) is 84.0 cm³/mol. The molecular weight excluding hydrogens is 338 g/mol. The van der Waals surface area contributed by atoms with Gasteiger partial charge < -0.3 is 24.8 Å². The maximum absolute atomic E-state index is 12.4. The topological polar surface area (TPSA) is 88.1 Å². The molecule has 2 amide bonds. The third-order valence-corrected chi connectivity index (χ3v) is 3.96. The molecule has 1 fully saturated rings. The molecule has 0 aliphatic carbocycles. The summed E-state index contributed by atoms with van der Waals surface area (Å²) in [6.45, 7) is -2.08. The van der Waals surface area contributed by atoms with Crippen LogP contribution >= 0.6 is 0 Å². The molecule has 1 heterocycles. The second-order valence-electron chi connectivity index (χ2n) is 5.62. The van der Waals surface area contributed by atoms with E-state index in [4.69, 9.17) is 9.84 Å². The Morgan fingerprint density at radius 1 is 1.40 bits per heavy atom. The lowest BCUT2D eigenvalue weighted by Gasteiger charge is -2.17. The van der Waals surface area contributed by atoms with E-state index in [1.54, 1.807) is 6.07 Å². The van der Waals surface area contributed by atoms with Gasteiger partial charge in [0.05, 0.1) is 13.0 Å². The van der Waals surface area contributed by atoms with Crippen molar-refractivity contribution in [1.82, 2.24) is 10.2 Å². The van der Waals surface area contributed by atoms with Crippen molar-refractivity contribution in [2.75, 3.05) is 26.7 Å². The standard InChI is InChI=1S/C16H20F2N2O5/c1-24-12-3-2-10(8-13(12)25-15(17)18)4-6-19-16(23)20-7-5-11(9-20)14(21)22/h2-3,8,11,15H,4-7,9H2,1H3,(H,19,23)(H,21,22). The van der Waals surface area contributed by atoms with E-state index in [2.05, 4.69) is 10.1 Å². The quantitative estimate of drug-likeness (QED) is 0.778. The molecule has 9 heteroatoms. The highest BCUT2D eigenvalue weighted by Gasteiger charge is 2.30. The number of aliphatic carboxylic acids is 1. The second-order valence-corrected chi connectivity index (χ2v) is 5.62. The van der Waals surface area contributed by atoms with Crippen LogP contribution in [0.25, 0.3) is 0 Å². The highest BCUT2D eigenvalue weighted by Crippen LogP contribution is 2.29. The zero-order valence-corrected chi connectivity index (χ0v) is 13.7. The minimum Gasteiger partial charge on any atom is -0.493 e. The number of rotatable bonds is 7. The zero-order chi connectivity index (χ0) is 18.4. The number of carboxylic acid groups (broad SMARTS) is 1. The van der Waals surface area contributed by atoms with E-state index < -0.39 is 18.5 Å². The number of hydrogen-bond donors (Lipinski definition) is 2. The molecule has 0 saturated carbocycles. The molecule has 1 saturated heterocycles. The summed E-state index contributed by atoms with van der Waals surface area (Å²) in [5.41, 5.74) is 0.696. The van der Waals surface area contributed by atoms with Gasteiger partial charge in [-0.05, 0) is 30.5 Å². The van der Waals surface area contributed by atoms with Crippen LogP contribution in [0.1, 0.15) is 12.0 Å². The van der Waals surface area contributed by atoms with Crippen LogP contribution in [0.4, 0.5) is 13.6 Å². The van der Waals surface area contributed by atoms with Gasteiger partial charge >= 0.3 is 18.6 Å². The van der Waals surface area contributed by atoms with Gasteiger partial charge in [-0.1, -0.05) is 6.07 Å². The minimum atomic E-state index is -2.96. The summed E-state index contributed by atoms with van der Waals surface area (Å²) in [4.78, 5) is 24.3. The van der Waals surface area contributed by atoms with E-state index in [-0.39, 0.29) is 30.6 Å². The van der Waals surface area contributed by atoms with Crippen LogP contribution in [0.3, 0.4) is 0 Å². The third kappa shape index (κ3) is 5.20. The van der Waals surface area contributed by atoms with Crippen LogP contribution in [-0.4, -0.2) is 55.4 Å². The van der Waals surface area contributed by atoms with E-state index in [1.165, 1.54) is 24.1 Å². The number of urea groups is 1. The van der Waals surface area contributed by atoms with E-state index >= 15 is 0 Å². The Morgan fingerprint density at radius 3 is 2.76 bits per heavy atom. The number of benzene rings is 1. The summed E-state index contributed by atoms with van der Waals surface area (Å²) >= 11 is 0. The van der Waals surface area contributed by atoms with Crippen LogP contribution in [0.15, 0.2) is 18.2 Å². The molecular formula is C16H20F2N2O5. The Labute approximate surface area is 143 Å². The molecule has 0 bridgehead atoms. The first-order valence-electron chi connectivity index (χ1n) is 7.78. The monoisotopic (exact) mass is 358 g/mol. The van der Waals surface area contributed by atoms with Crippen molar-refractivity contribution in [3.05, 3.63) is 23.8 Å². The molecule has 0 aromatic heterocycles. The molecule has 2 N–H and O–H groups in total. The average molecular weight is 358 g/mol. The van der Waals surface area contributed by atoms with Gasteiger partial charge in [0.1, 0.15) is 0 Å². The Bertz CT molecular complexity index is 627. The number of amides is 2. The smallest absolute Gasteiger partial charge is 0.387 e. The van der Waals surface area contributed by atoms with Gasteiger partial charge in [0, 0.05) is 19.6 Å². The lowest BCUT2D eigenvalue weighted by Crippen LogP contribution is -2.39. The zero-order valence-electron chi connectivity index (χ0n) is 13.7. The first kappa shape index (κ1) is 18.8. The molecule has 0 spiro atoms.